The van der Waals surface area contributed by atoms with E-state index in [1.165, 1.54) is 6.08 Å². The molecule has 0 aliphatic carbocycles. The van der Waals surface area contributed by atoms with Crippen molar-refractivity contribution in [1.82, 2.24) is 0 Å². The van der Waals surface area contributed by atoms with E-state index < -0.39 is 5.91 Å². The fourth-order valence-electron chi connectivity index (χ4n) is 1.50. The number of aliphatic imine (C=N–C) groups is 1. The Balaban J connectivity index is 4.64. The van der Waals surface area contributed by atoms with Crippen molar-refractivity contribution < 1.29 is 19.0 Å². The van der Waals surface area contributed by atoms with Gasteiger partial charge in [0.05, 0.1) is 0 Å². The summed E-state index contributed by atoms with van der Waals surface area (Å²) < 4.78 is 16.3. The molecule has 0 amide bonds. The fraction of sp³-hybridized carbons (Fsp3) is 0.900. The van der Waals surface area contributed by atoms with Crippen LogP contribution in [0.3, 0.4) is 0 Å². The summed E-state index contributed by atoms with van der Waals surface area (Å²) in [7, 11) is 0.829. The van der Waals surface area contributed by atoms with Crippen LogP contribution in [0, 0.1) is 0 Å². The minimum Gasteiger partial charge on any atom is -0.383 e. The molecule has 0 aromatic heterocycles. The van der Waals surface area contributed by atoms with Gasteiger partial charge in [-0.25, -0.2) is 4.79 Å². The highest BCUT2D eigenvalue weighted by molar-refractivity contribution is 6.11. The maximum Gasteiger partial charge on any atom is 0.282 e. The highest BCUT2D eigenvalue weighted by Gasteiger charge is 2.33. The fourth-order valence-corrected chi connectivity index (χ4v) is 2.35. The van der Waals surface area contributed by atoms with Crippen molar-refractivity contribution >= 4 is 16.3 Å². The number of carbonyl (C=O) groups excluding carboxylic acids is 1. The van der Waals surface area contributed by atoms with Crippen molar-refractivity contribution in [2.24, 2.45) is 4.99 Å². The lowest BCUT2D eigenvalue weighted by Crippen LogP contribution is -2.39. The Morgan fingerprint density at radius 1 is 1.25 bits per heavy atom. The predicted molar refractivity (Wildman–Crippen MR) is 64.1 cm³/mol. The average Bonchev–Trinajstić information content (AvgIpc) is 2.18. The van der Waals surface area contributed by atoms with Gasteiger partial charge in [0.2, 0.25) is 6.08 Å². The van der Waals surface area contributed by atoms with Crippen LogP contribution < -0.4 is 0 Å². The first-order valence-corrected chi connectivity index (χ1v) is 6.78. The number of rotatable bonds is 9. The minimum absolute atomic E-state index is 0.0419. The summed E-state index contributed by atoms with van der Waals surface area (Å²) in [5.74, 6) is -1.22. The standard InChI is InChI=1S/C10H21NO4Si/c1-4-13-9(16)7-10(11-8-12,14-5-2)15-6-3/h9H,4-7H2,1-3,16H3. The van der Waals surface area contributed by atoms with Gasteiger partial charge >= 0.3 is 0 Å². The van der Waals surface area contributed by atoms with E-state index in [1.807, 2.05) is 20.8 Å². The zero-order chi connectivity index (χ0) is 12.4. The molecular formula is C10H21NO4Si. The molecule has 0 aliphatic heterocycles. The Labute approximate surface area is 99.6 Å². The first kappa shape index (κ1) is 15.5. The highest BCUT2D eigenvalue weighted by Crippen LogP contribution is 2.22. The molecule has 0 radical (unpaired) electrons. The Bertz CT molecular complexity index is 225. The van der Waals surface area contributed by atoms with Crippen molar-refractivity contribution in [3.8, 4) is 0 Å². The first-order valence-electron chi connectivity index (χ1n) is 5.62. The summed E-state index contributed by atoms with van der Waals surface area (Å²) in [6.45, 7) is 7.06. The molecule has 0 aromatic carbocycles. The molecule has 0 N–H and O–H groups in total. The molecule has 0 aliphatic rings. The maximum absolute atomic E-state index is 10.4. The molecule has 0 spiro atoms. The normalized spacial score (nSPS) is 13.4. The summed E-state index contributed by atoms with van der Waals surface area (Å²) in [4.78, 5) is 14.1. The minimum atomic E-state index is -1.22. The molecule has 0 saturated carbocycles. The zero-order valence-corrected chi connectivity index (χ0v) is 12.5. The second-order valence-electron chi connectivity index (χ2n) is 3.25. The monoisotopic (exact) mass is 247 g/mol. The van der Waals surface area contributed by atoms with E-state index in [1.54, 1.807) is 0 Å². The third kappa shape index (κ3) is 5.53. The summed E-state index contributed by atoms with van der Waals surface area (Å²) in [5.41, 5.74) is 0.0419. The second kappa shape index (κ2) is 8.61. The Kier molecular flexibility index (Phi) is 8.33. The third-order valence-corrected chi connectivity index (χ3v) is 2.69. The molecule has 5 nitrogen and oxygen atoms in total. The van der Waals surface area contributed by atoms with Crippen LogP contribution in [0.5, 0.6) is 0 Å². The molecule has 0 rings (SSSR count). The van der Waals surface area contributed by atoms with Crippen LogP contribution in [0.4, 0.5) is 0 Å². The van der Waals surface area contributed by atoms with Crippen molar-refractivity contribution in [1.29, 1.82) is 0 Å². The van der Waals surface area contributed by atoms with E-state index in [9.17, 15) is 4.79 Å². The van der Waals surface area contributed by atoms with Crippen molar-refractivity contribution in [2.45, 2.75) is 38.8 Å². The van der Waals surface area contributed by atoms with Gasteiger partial charge in [-0.2, -0.15) is 0 Å². The summed E-state index contributed by atoms with van der Waals surface area (Å²) in [6.07, 6.45) is 1.95. The van der Waals surface area contributed by atoms with E-state index >= 15 is 0 Å². The van der Waals surface area contributed by atoms with Crippen molar-refractivity contribution in [3.05, 3.63) is 0 Å². The van der Waals surface area contributed by atoms with Crippen LogP contribution >= 0.6 is 0 Å². The largest absolute Gasteiger partial charge is 0.383 e. The summed E-state index contributed by atoms with van der Waals surface area (Å²) >= 11 is 0. The van der Waals surface area contributed by atoms with Gasteiger partial charge < -0.3 is 14.2 Å². The van der Waals surface area contributed by atoms with Crippen molar-refractivity contribution in [3.63, 3.8) is 0 Å². The molecule has 1 unspecified atom stereocenters. The van der Waals surface area contributed by atoms with E-state index in [0.29, 0.717) is 26.2 Å². The van der Waals surface area contributed by atoms with Crippen LogP contribution in [-0.2, 0) is 19.0 Å². The van der Waals surface area contributed by atoms with Gasteiger partial charge in [0, 0.05) is 42.2 Å². The first-order chi connectivity index (χ1) is 7.64. The number of hydrogen-bond acceptors (Lipinski definition) is 5. The molecule has 0 aromatic rings. The van der Waals surface area contributed by atoms with Gasteiger partial charge in [0.15, 0.2) is 0 Å². The number of isocyanates is 1. The van der Waals surface area contributed by atoms with Gasteiger partial charge in [-0.1, -0.05) is 0 Å². The Morgan fingerprint density at radius 2 is 1.81 bits per heavy atom. The number of nitrogens with zero attached hydrogens (tertiary/aromatic N) is 1. The van der Waals surface area contributed by atoms with Crippen LogP contribution in [-0.4, -0.2) is 47.8 Å². The summed E-state index contributed by atoms with van der Waals surface area (Å²) in [6, 6.07) is 0. The van der Waals surface area contributed by atoms with E-state index in [4.69, 9.17) is 14.2 Å². The van der Waals surface area contributed by atoms with E-state index in [-0.39, 0.29) is 5.73 Å². The molecule has 0 saturated heterocycles. The quantitative estimate of drug-likeness (QED) is 0.252. The number of ether oxygens (including phenoxy) is 3. The van der Waals surface area contributed by atoms with E-state index in [0.717, 1.165) is 10.2 Å². The van der Waals surface area contributed by atoms with Crippen molar-refractivity contribution in [2.75, 3.05) is 19.8 Å². The molecule has 1 atom stereocenters. The van der Waals surface area contributed by atoms with Crippen LogP contribution in [0.1, 0.15) is 27.2 Å². The predicted octanol–water partition coefficient (Wildman–Crippen LogP) is 0.167. The lowest BCUT2D eigenvalue weighted by atomic mass is 10.3. The smallest absolute Gasteiger partial charge is 0.282 e. The van der Waals surface area contributed by atoms with Gasteiger partial charge in [0.25, 0.3) is 5.91 Å². The Hall–Kier alpha value is -0.523. The zero-order valence-electron chi connectivity index (χ0n) is 10.5. The summed E-state index contributed by atoms with van der Waals surface area (Å²) in [5, 5.41) is 0. The lowest BCUT2D eigenvalue weighted by molar-refractivity contribution is -0.238. The second-order valence-corrected chi connectivity index (χ2v) is 4.54. The molecular weight excluding hydrogens is 226 g/mol. The maximum atomic E-state index is 10.4. The Morgan fingerprint density at radius 3 is 2.19 bits per heavy atom. The molecule has 0 fully saturated rings. The van der Waals surface area contributed by atoms with Gasteiger partial charge in [-0.3, -0.25) is 0 Å². The molecule has 16 heavy (non-hydrogen) atoms. The van der Waals surface area contributed by atoms with Gasteiger partial charge in [-0.15, -0.1) is 4.99 Å². The number of hydrogen-bond donors (Lipinski definition) is 0. The molecule has 0 heterocycles. The average molecular weight is 247 g/mol. The molecule has 6 heteroatoms. The third-order valence-electron chi connectivity index (χ3n) is 1.95. The SMILES string of the molecule is CCOC([SiH3])CC(N=C=O)(OCC)OCC. The topological polar surface area (TPSA) is 57.1 Å². The van der Waals surface area contributed by atoms with Gasteiger partial charge in [-0.05, 0) is 20.8 Å². The molecule has 0 bridgehead atoms. The van der Waals surface area contributed by atoms with Crippen LogP contribution in [0.15, 0.2) is 4.99 Å². The van der Waals surface area contributed by atoms with E-state index in [2.05, 4.69) is 4.99 Å². The lowest BCUT2D eigenvalue weighted by Gasteiger charge is -2.29. The van der Waals surface area contributed by atoms with Crippen LogP contribution in [0.25, 0.3) is 0 Å². The highest BCUT2D eigenvalue weighted by atomic mass is 28.1. The van der Waals surface area contributed by atoms with Gasteiger partial charge in [0.1, 0.15) is 0 Å². The van der Waals surface area contributed by atoms with Crippen LogP contribution in [0.2, 0.25) is 0 Å². The molecule has 94 valence electrons.